The Bertz CT molecular complexity index is 130. The predicted octanol–water partition coefficient (Wildman–Crippen LogP) is 0.868. The molecule has 3 nitrogen and oxygen atoms in total. The molecule has 2 atom stereocenters. The van der Waals surface area contributed by atoms with Crippen LogP contribution in [0.15, 0.2) is 0 Å². The zero-order chi connectivity index (χ0) is 8.97. The maximum atomic E-state index is 5.08. The molecule has 0 spiro atoms. The van der Waals surface area contributed by atoms with E-state index in [4.69, 9.17) is 4.84 Å². The standard InChI is InChI=1S/C9H20N2O/c1-8-4-5-10-9(6-8)7-11(2)12-3/h8-10H,4-7H2,1-3H3. The van der Waals surface area contributed by atoms with Crippen LogP contribution >= 0.6 is 0 Å². The van der Waals surface area contributed by atoms with Crippen LogP contribution in [0, 0.1) is 5.92 Å². The highest BCUT2D eigenvalue weighted by Gasteiger charge is 2.18. The smallest absolute Gasteiger partial charge is 0.0575 e. The first kappa shape index (κ1) is 9.96. The molecule has 12 heavy (non-hydrogen) atoms. The van der Waals surface area contributed by atoms with Gasteiger partial charge in [-0.15, -0.1) is 0 Å². The van der Waals surface area contributed by atoms with Gasteiger partial charge in [-0.3, -0.25) is 0 Å². The average Bonchev–Trinajstić information content (AvgIpc) is 2.04. The largest absolute Gasteiger partial charge is 0.313 e. The maximum absolute atomic E-state index is 5.08. The minimum Gasteiger partial charge on any atom is -0.313 e. The minimum atomic E-state index is 0.610. The Morgan fingerprint density at radius 1 is 1.58 bits per heavy atom. The Hall–Kier alpha value is -0.120. The van der Waals surface area contributed by atoms with Gasteiger partial charge in [0.25, 0.3) is 0 Å². The lowest BCUT2D eigenvalue weighted by atomic mass is 9.94. The molecule has 1 N–H and O–H groups in total. The number of nitrogens with zero attached hydrogens (tertiary/aromatic N) is 1. The van der Waals surface area contributed by atoms with Gasteiger partial charge in [0.1, 0.15) is 0 Å². The molecule has 0 aromatic heterocycles. The van der Waals surface area contributed by atoms with Gasteiger partial charge in [0.2, 0.25) is 0 Å². The van der Waals surface area contributed by atoms with Gasteiger partial charge in [0, 0.05) is 19.6 Å². The third-order valence-electron chi connectivity index (χ3n) is 2.55. The molecule has 1 aliphatic rings. The summed E-state index contributed by atoms with van der Waals surface area (Å²) in [5.74, 6) is 0.863. The van der Waals surface area contributed by atoms with Gasteiger partial charge in [0.15, 0.2) is 0 Å². The van der Waals surface area contributed by atoms with Crippen molar-refractivity contribution in [1.82, 2.24) is 10.4 Å². The van der Waals surface area contributed by atoms with Crippen molar-refractivity contribution in [2.75, 3.05) is 27.2 Å². The molecular weight excluding hydrogens is 152 g/mol. The summed E-state index contributed by atoms with van der Waals surface area (Å²) in [6.45, 7) is 4.46. The van der Waals surface area contributed by atoms with Crippen LogP contribution in [0.2, 0.25) is 0 Å². The molecule has 0 aromatic rings. The van der Waals surface area contributed by atoms with Crippen molar-refractivity contribution in [2.24, 2.45) is 5.92 Å². The topological polar surface area (TPSA) is 24.5 Å². The van der Waals surface area contributed by atoms with Crippen molar-refractivity contribution in [3.8, 4) is 0 Å². The summed E-state index contributed by atoms with van der Waals surface area (Å²) in [6.07, 6.45) is 2.58. The van der Waals surface area contributed by atoms with E-state index in [9.17, 15) is 0 Å². The second-order valence-electron chi connectivity index (χ2n) is 3.77. The van der Waals surface area contributed by atoms with Crippen LogP contribution in [0.4, 0.5) is 0 Å². The number of piperidine rings is 1. The van der Waals surface area contributed by atoms with Gasteiger partial charge in [-0.2, -0.15) is 5.06 Å². The fraction of sp³-hybridized carbons (Fsp3) is 1.00. The minimum absolute atomic E-state index is 0.610. The van der Waals surface area contributed by atoms with Gasteiger partial charge < -0.3 is 10.2 Å². The molecule has 0 bridgehead atoms. The number of hydrogen-bond donors (Lipinski definition) is 1. The van der Waals surface area contributed by atoms with Crippen molar-refractivity contribution in [3.63, 3.8) is 0 Å². The lowest BCUT2D eigenvalue weighted by Crippen LogP contribution is -2.44. The van der Waals surface area contributed by atoms with E-state index in [2.05, 4.69) is 12.2 Å². The fourth-order valence-electron chi connectivity index (χ4n) is 1.74. The molecule has 2 unspecified atom stereocenters. The van der Waals surface area contributed by atoms with E-state index in [1.165, 1.54) is 12.8 Å². The Balaban J connectivity index is 2.22. The first-order valence-electron chi connectivity index (χ1n) is 4.71. The van der Waals surface area contributed by atoms with E-state index in [-0.39, 0.29) is 0 Å². The molecular formula is C9H20N2O. The van der Waals surface area contributed by atoms with Crippen LogP contribution in [0.5, 0.6) is 0 Å². The molecule has 1 saturated heterocycles. The first-order valence-corrected chi connectivity index (χ1v) is 4.71. The van der Waals surface area contributed by atoms with Gasteiger partial charge >= 0.3 is 0 Å². The highest BCUT2D eigenvalue weighted by Crippen LogP contribution is 2.15. The highest BCUT2D eigenvalue weighted by molar-refractivity contribution is 4.76. The molecule has 3 heteroatoms. The number of nitrogens with one attached hydrogen (secondary N) is 1. The van der Waals surface area contributed by atoms with Crippen molar-refractivity contribution in [2.45, 2.75) is 25.8 Å². The third-order valence-corrected chi connectivity index (χ3v) is 2.55. The monoisotopic (exact) mass is 172 g/mol. The SMILES string of the molecule is CON(C)CC1CC(C)CCN1. The molecule has 1 rings (SSSR count). The van der Waals surface area contributed by atoms with E-state index in [1.807, 2.05) is 12.1 Å². The number of likely N-dealkylation sites (N-methyl/N-ethyl adjacent to an activating group) is 1. The molecule has 0 saturated carbocycles. The summed E-state index contributed by atoms with van der Waals surface area (Å²) < 4.78 is 0. The van der Waals surface area contributed by atoms with Crippen molar-refractivity contribution in [3.05, 3.63) is 0 Å². The summed E-state index contributed by atoms with van der Waals surface area (Å²) in [6, 6.07) is 0.610. The van der Waals surface area contributed by atoms with Crippen molar-refractivity contribution >= 4 is 0 Å². The molecule has 0 aliphatic carbocycles. The van der Waals surface area contributed by atoms with Crippen LogP contribution in [-0.4, -0.2) is 38.4 Å². The van der Waals surface area contributed by atoms with Gasteiger partial charge in [-0.05, 0) is 25.3 Å². The van der Waals surface area contributed by atoms with Gasteiger partial charge in [0.05, 0.1) is 7.11 Å². The number of hydroxylamine groups is 2. The third kappa shape index (κ3) is 3.09. The van der Waals surface area contributed by atoms with Crippen molar-refractivity contribution in [1.29, 1.82) is 0 Å². The van der Waals surface area contributed by atoms with Gasteiger partial charge in [-0.1, -0.05) is 6.92 Å². The van der Waals surface area contributed by atoms with Crippen LogP contribution in [-0.2, 0) is 4.84 Å². The van der Waals surface area contributed by atoms with Crippen LogP contribution < -0.4 is 5.32 Å². The van der Waals surface area contributed by atoms with Crippen LogP contribution in [0.25, 0.3) is 0 Å². The first-order chi connectivity index (χ1) is 5.72. The molecule has 1 fully saturated rings. The lowest BCUT2D eigenvalue weighted by molar-refractivity contribution is -0.115. The summed E-state index contributed by atoms with van der Waals surface area (Å²) in [5, 5.41) is 5.38. The van der Waals surface area contributed by atoms with E-state index in [0.717, 1.165) is 19.0 Å². The molecule has 1 aliphatic heterocycles. The average molecular weight is 172 g/mol. The van der Waals surface area contributed by atoms with E-state index >= 15 is 0 Å². The molecule has 1 heterocycles. The fourth-order valence-corrected chi connectivity index (χ4v) is 1.74. The molecule has 72 valence electrons. The molecule has 0 radical (unpaired) electrons. The zero-order valence-corrected chi connectivity index (χ0v) is 8.34. The quantitative estimate of drug-likeness (QED) is 0.639. The summed E-state index contributed by atoms with van der Waals surface area (Å²) >= 11 is 0. The van der Waals surface area contributed by atoms with Crippen LogP contribution in [0.1, 0.15) is 19.8 Å². The van der Waals surface area contributed by atoms with E-state index in [0.29, 0.717) is 6.04 Å². The Morgan fingerprint density at radius 2 is 2.33 bits per heavy atom. The van der Waals surface area contributed by atoms with Crippen LogP contribution in [0.3, 0.4) is 0 Å². The lowest BCUT2D eigenvalue weighted by Gasteiger charge is -2.30. The second-order valence-corrected chi connectivity index (χ2v) is 3.77. The summed E-state index contributed by atoms with van der Waals surface area (Å²) in [7, 11) is 3.69. The number of hydrogen-bond acceptors (Lipinski definition) is 3. The summed E-state index contributed by atoms with van der Waals surface area (Å²) in [4.78, 5) is 5.08. The predicted molar refractivity (Wildman–Crippen MR) is 49.8 cm³/mol. The van der Waals surface area contributed by atoms with E-state index < -0.39 is 0 Å². The Kier molecular flexibility index (Phi) is 3.98. The normalized spacial score (nSPS) is 31.0. The zero-order valence-electron chi connectivity index (χ0n) is 8.34. The van der Waals surface area contributed by atoms with Crippen molar-refractivity contribution < 1.29 is 4.84 Å². The van der Waals surface area contributed by atoms with Gasteiger partial charge in [-0.25, -0.2) is 0 Å². The second kappa shape index (κ2) is 4.80. The summed E-state index contributed by atoms with van der Waals surface area (Å²) in [5.41, 5.74) is 0. The Labute approximate surface area is 75.0 Å². The number of rotatable bonds is 3. The molecule has 0 aromatic carbocycles. The molecule has 0 amide bonds. The Morgan fingerprint density at radius 3 is 2.92 bits per heavy atom. The van der Waals surface area contributed by atoms with E-state index in [1.54, 1.807) is 7.11 Å². The highest BCUT2D eigenvalue weighted by atomic mass is 16.7. The maximum Gasteiger partial charge on any atom is 0.0575 e.